The van der Waals surface area contributed by atoms with Crippen molar-refractivity contribution in [3.8, 4) is 5.75 Å². The Labute approximate surface area is 203 Å². The molecule has 1 amide bonds. The number of hydrogen-bond acceptors (Lipinski definition) is 4. The van der Waals surface area contributed by atoms with Gasteiger partial charge in [0, 0.05) is 37.0 Å². The number of hydrogen-bond donors (Lipinski definition) is 1. The van der Waals surface area contributed by atoms with Crippen LogP contribution in [0.25, 0.3) is 6.08 Å². The standard InChI is InChI=1S/C29H35N3O2/c1-31(2)20-8-22-34-28-12-7-6-11-26(28)23-32(21-19-25-13-16-27(30)17-14-25)29(33)18-15-24-9-4-3-5-10-24/h3-7,9-18H,8,19-23,30H2,1-2H3. The number of amides is 1. The molecule has 0 saturated heterocycles. The maximum atomic E-state index is 13.2. The van der Waals surface area contributed by atoms with Crippen molar-refractivity contribution in [3.05, 3.63) is 102 Å². The van der Waals surface area contributed by atoms with Crippen molar-refractivity contribution in [1.29, 1.82) is 0 Å². The molecule has 0 saturated carbocycles. The summed E-state index contributed by atoms with van der Waals surface area (Å²) >= 11 is 0. The van der Waals surface area contributed by atoms with Crippen LogP contribution in [0.15, 0.2) is 84.9 Å². The second-order valence-electron chi connectivity index (χ2n) is 8.61. The van der Waals surface area contributed by atoms with E-state index in [-0.39, 0.29) is 5.91 Å². The minimum atomic E-state index is -0.0262. The van der Waals surface area contributed by atoms with E-state index in [1.54, 1.807) is 6.08 Å². The number of nitrogen functional groups attached to an aromatic ring is 1. The van der Waals surface area contributed by atoms with Crippen LogP contribution in [0.1, 0.15) is 23.1 Å². The number of para-hydroxylation sites is 1. The van der Waals surface area contributed by atoms with Gasteiger partial charge in [0.15, 0.2) is 0 Å². The lowest BCUT2D eigenvalue weighted by molar-refractivity contribution is -0.126. The number of anilines is 1. The molecule has 0 aromatic heterocycles. The van der Waals surface area contributed by atoms with Crippen LogP contribution >= 0.6 is 0 Å². The molecule has 3 aromatic rings. The number of benzene rings is 3. The third kappa shape index (κ3) is 8.41. The van der Waals surface area contributed by atoms with E-state index in [2.05, 4.69) is 19.0 Å². The Morgan fingerprint density at radius 2 is 1.62 bits per heavy atom. The first kappa shape index (κ1) is 25.1. The second kappa shape index (κ2) is 13.2. The van der Waals surface area contributed by atoms with Gasteiger partial charge in [-0.3, -0.25) is 4.79 Å². The van der Waals surface area contributed by atoms with Crippen LogP contribution in [0.4, 0.5) is 5.69 Å². The normalized spacial score (nSPS) is 11.1. The first-order valence-corrected chi connectivity index (χ1v) is 11.7. The molecule has 0 unspecified atom stereocenters. The number of nitrogens with two attached hydrogens (primary N) is 1. The summed E-state index contributed by atoms with van der Waals surface area (Å²) in [5.41, 5.74) is 9.71. The Morgan fingerprint density at radius 3 is 2.35 bits per heavy atom. The van der Waals surface area contributed by atoms with Gasteiger partial charge in [-0.15, -0.1) is 0 Å². The average Bonchev–Trinajstić information content (AvgIpc) is 2.85. The highest BCUT2D eigenvalue weighted by Gasteiger charge is 2.14. The van der Waals surface area contributed by atoms with E-state index in [1.807, 2.05) is 89.8 Å². The largest absolute Gasteiger partial charge is 0.493 e. The molecule has 0 bridgehead atoms. The van der Waals surface area contributed by atoms with Crippen LogP contribution < -0.4 is 10.5 Å². The molecule has 178 valence electrons. The summed E-state index contributed by atoms with van der Waals surface area (Å²) in [7, 11) is 4.11. The van der Waals surface area contributed by atoms with Crippen LogP contribution in [0.5, 0.6) is 5.75 Å². The molecule has 0 aliphatic rings. The Hall–Kier alpha value is -3.57. The third-order valence-corrected chi connectivity index (χ3v) is 5.52. The Morgan fingerprint density at radius 1 is 0.912 bits per heavy atom. The van der Waals surface area contributed by atoms with E-state index in [9.17, 15) is 4.79 Å². The van der Waals surface area contributed by atoms with Gasteiger partial charge in [-0.1, -0.05) is 60.7 Å². The van der Waals surface area contributed by atoms with Crippen molar-refractivity contribution >= 4 is 17.7 Å². The summed E-state index contributed by atoms with van der Waals surface area (Å²) in [4.78, 5) is 17.2. The molecule has 0 fully saturated rings. The van der Waals surface area contributed by atoms with Crippen LogP contribution in [-0.4, -0.2) is 49.5 Å². The molecule has 3 rings (SSSR count). The van der Waals surface area contributed by atoms with Gasteiger partial charge in [-0.2, -0.15) is 0 Å². The van der Waals surface area contributed by atoms with Crippen molar-refractivity contribution in [3.63, 3.8) is 0 Å². The van der Waals surface area contributed by atoms with E-state index < -0.39 is 0 Å². The van der Waals surface area contributed by atoms with E-state index in [1.165, 1.54) is 0 Å². The minimum absolute atomic E-state index is 0.0262. The predicted octanol–water partition coefficient (Wildman–Crippen LogP) is 4.88. The quantitative estimate of drug-likeness (QED) is 0.239. The van der Waals surface area contributed by atoms with Gasteiger partial charge < -0.3 is 20.3 Å². The van der Waals surface area contributed by atoms with Crippen molar-refractivity contribution in [2.45, 2.75) is 19.4 Å². The number of nitrogens with zero attached hydrogens (tertiary/aromatic N) is 2. The fourth-order valence-corrected chi connectivity index (χ4v) is 3.60. The van der Waals surface area contributed by atoms with Crippen molar-refractivity contribution in [2.75, 3.05) is 39.5 Å². The van der Waals surface area contributed by atoms with Crippen LogP contribution in [0.2, 0.25) is 0 Å². The lowest BCUT2D eigenvalue weighted by Gasteiger charge is -2.23. The van der Waals surface area contributed by atoms with Crippen LogP contribution in [0.3, 0.4) is 0 Å². The average molecular weight is 458 g/mol. The fourth-order valence-electron chi connectivity index (χ4n) is 3.60. The summed E-state index contributed by atoms with van der Waals surface area (Å²) in [6, 6.07) is 25.7. The lowest BCUT2D eigenvalue weighted by Crippen LogP contribution is -2.31. The van der Waals surface area contributed by atoms with Gasteiger partial charge in [0.05, 0.1) is 6.61 Å². The molecule has 0 atom stereocenters. The Bertz CT molecular complexity index is 1050. The van der Waals surface area contributed by atoms with Gasteiger partial charge in [0.2, 0.25) is 5.91 Å². The summed E-state index contributed by atoms with van der Waals surface area (Å²) < 4.78 is 6.08. The summed E-state index contributed by atoms with van der Waals surface area (Å²) in [5.74, 6) is 0.806. The summed E-state index contributed by atoms with van der Waals surface area (Å²) in [6.45, 7) is 2.69. The van der Waals surface area contributed by atoms with E-state index in [4.69, 9.17) is 10.5 Å². The lowest BCUT2D eigenvalue weighted by atomic mass is 10.1. The molecule has 34 heavy (non-hydrogen) atoms. The molecule has 5 heteroatoms. The van der Waals surface area contributed by atoms with E-state index in [0.29, 0.717) is 19.7 Å². The Kier molecular flexibility index (Phi) is 9.74. The topological polar surface area (TPSA) is 58.8 Å². The first-order chi connectivity index (χ1) is 16.5. The molecule has 0 spiro atoms. The maximum absolute atomic E-state index is 13.2. The van der Waals surface area contributed by atoms with Gasteiger partial charge in [-0.25, -0.2) is 0 Å². The summed E-state index contributed by atoms with van der Waals surface area (Å²) in [5, 5.41) is 0. The van der Waals surface area contributed by atoms with Crippen LogP contribution in [-0.2, 0) is 17.8 Å². The second-order valence-corrected chi connectivity index (χ2v) is 8.61. The highest BCUT2D eigenvalue weighted by atomic mass is 16.5. The van der Waals surface area contributed by atoms with E-state index >= 15 is 0 Å². The molecule has 0 aliphatic heterocycles. The highest BCUT2D eigenvalue weighted by Crippen LogP contribution is 2.21. The van der Waals surface area contributed by atoms with Crippen molar-refractivity contribution in [1.82, 2.24) is 9.80 Å². The Balaban J connectivity index is 1.73. The molecular weight excluding hydrogens is 422 g/mol. The predicted molar refractivity (Wildman–Crippen MR) is 141 cm³/mol. The molecule has 5 nitrogen and oxygen atoms in total. The zero-order valence-electron chi connectivity index (χ0n) is 20.2. The molecular formula is C29H35N3O2. The number of rotatable bonds is 12. The smallest absolute Gasteiger partial charge is 0.246 e. The number of carbonyl (C=O) groups is 1. The van der Waals surface area contributed by atoms with Gasteiger partial charge in [0.25, 0.3) is 0 Å². The summed E-state index contributed by atoms with van der Waals surface area (Å²) in [6.07, 6.45) is 5.21. The highest BCUT2D eigenvalue weighted by molar-refractivity contribution is 5.91. The van der Waals surface area contributed by atoms with Gasteiger partial charge in [0.1, 0.15) is 5.75 Å². The minimum Gasteiger partial charge on any atom is -0.493 e. The first-order valence-electron chi connectivity index (χ1n) is 11.7. The molecule has 3 aromatic carbocycles. The fraction of sp³-hybridized carbons (Fsp3) is 0.276. The van der Waals surface area contributed by atoms with Crippen molar-refractivity contribution in [2.24, 2.45) is 0 Å². The number of ether oxygens (including phenoxy) is 1. The molecule has 0 heterocycles. The zero-order valence-corrected chi connectivity index (χ0v) is 20.2. The van der Waals surface area contributed by atoms with Crippen LogP contribution in [0, 0.1) is 0 Å². The monoisotopic (exact) mass is 457 g/mol. The molecule has 2 N–H and O–H groups in total. The maximum Gasteiger partial charge on any atom is 0.246 e. The van der Waals surface area contributed by atoms with Gasteiger partial charge >= 0.3 is 0 Å². The SMILES string of the molecule is CN(C)CCCOc1ccccc1CN(CCc1ccc(N)cc1)C(=O)C=Cc1ccccc1. The van der Waals surface area contributed by atoms with Crippen molar-refractivity contribution < 1.29 is 9.53 Å². The van der Waals surface area contributed by atoms with Gasteiger partial charge in [-0.05, 0) is 62.3 Å². The van der Waals surface area contributed by atoms with E-state index in [0.717, 1.165) is 47.5 Å². The third-order valence-electron chi connectivity index (χ3n) is 5.52. The molecule has 0 aliphatic carbocycles. The molecule has 0 radical (unpaired) electrons. The number of carbonyl (C=O) groups excluding carboxylic acids is 1. The zero-order chi connectivity index (χ0) is 24.2.